The molecule has 1 aliphatic rings. The van der Waals surface area contributed by atoms with Gasteiger partial charge in [0.25, 0.3) is 0 Å². The molecule has 1 aromatic heterocycles. The number of anilines is 1. The number of aromatic carboxylic acids is 1. The Bertz CT molecular complexity index is 456. The number of hydrogen-bond donors (Lipinski definition) is 2. The molecule has 1 saturated carbocycles. The van der Waals surface area contributed by atoms with E-state index in [0.29, 0.717) is 11.5 Å². The van der Waals surface area contributed by atoms with Crippen molar-refractivity contribution in [1.29, 1.82) is 0 Å². The molecule has 0 aromatic carbocycles. The molecule has 0 spiro atoms. The molecule has 100 valence electrons. The molecular formula is C12H19N3O3. The van der Waals surface area contributed by atoms with E-state index in [9.17, 15) is 9.90 Å². The number of carboxylic acid groups (broad SMARTS) is 1. The Morgan fingerprint density at radius 1 is 1.56 bits per heavy atom. The van der Waals surface area contributed by atoms with E-state index in [1.165, 1.54) is 0 Å². The topological polar surface area (TPSA) is 76.4 Å². The van der Waals surface area contributed by atoms with Gasteiger partial charge < -0.3 is 15.2 Å². The van der Waals surface area contributed by atoms with Crippen LogP contribution in [0.2, 0.25) is 0 Å². The zero-order chi connectivity index (χ0) is 13.3. The van der Waals surface area contributed by atoms with Gasteiger partial charge in [-0.25, -0.2) is 4.79 Å². The van der Waals surface area contributed by atoms with Crippen molar-refractivity contribution < 1.29 is 14.6 Å². The summed E-state index contributed by atoms with van der Waals surface area (Å²) in [7, 11) is 3.47. The summed E-state index contributed by atoms with van der Waals surface area (Å²) in [6, 6.07) is 0.253. The van der Waals surface area contributed by atoms with E-state index in [2.05, 4.69) is 10.4 Å². The summed E-state index contributed by atoms with van der Waals surface area (Å²) in [4.78, 5) is 11.2. The Morgan fingerprint density at radius 3 is 2.83 bits per heavy atom. The van der Waals surface area contributed by atoms with Crippen molar-refractivity contribution in [2.45, 2.75) is 38.3 Å². The van der Waals surface area contributed by atoms with Gasteiger partial charge in [0.15, 0.2) is 0 Å². The lowest BCUT2D eigenvalue weighted by atomic mass is 10.2. The number of aromatic nitrogens is 2. The first kappa shape index (κ1) is 12.9. The van der Waals surface area contributed by atoms with E-state index >= 15 is 0 Å². The molecule has 0 bridgehead atoms. The summed E-state index contributed by atoms with van der Waals surface area (Å²) in [5.74, 6) is -0.355. The first-order valence-electron chi connectivity index (χ1n) is 6.09. The maximum Gasteiger partial charge on any atom is 0.341 e. The predicted molar refractivity (Wildman–Crippen MR) is 67.0 cm³/mol. The van der Waals surface area contributed by atoms with Crippen molar-refractivity contribution in [3.05, 3.63) is 11.3 Å². The molecule has 2 atom stereocenters. The van der Waals surface area contributed by atoms with Crippen LogP contribution in [0.1, 0.15) is 35.3 Å². The number of nitrogens with one attached hydrogen (secondary N) is 1. The van der Waals surface area contributed by atoms with Crippen molar-refractivity contribution in [3.63, 3.8) is 0 Å². The third-order valence-corrected chi connectivity index (χ3v) is 3.49. The number of ether oxygens (including phenoxy) is 1. The molecule has 2 unspecified atom stereocenters. The summed E-state index contributed by atoms with van der Waals surface area (Å²) < 4.78 is 6.91. The summed E-state index contributed by atoms with van der Waals surface area (Å²) in [5, 5.41) is 16.7. The number of aryl methyl sites for hydroxylation is 2. The summed E-state index contributed by atoms with van der Waals surface area (Å²) in [6.45, 7) is 1.71. The van der Waals surface area contributed by atoms with Crippen LogP contribution in [0.5, 0.6) is 0 Å². The summed E-state index contributed by atoms with van der Waals surface area (Å²) in [6.07, 6.45) is 3.17. The lowest BCUT2D eigenvalue weighted by molar-refractivity contribution is 0.0697. The molecule has 2 N–H and O–H groups in total. The van der Waals surface area contributed by atoms with Crippen molar-refractivity contribution in [3.8, 4) is 0 Å². The van der Waals surface area contributed by atoms with E-state index in [-0.39, 0.29) is 17.7 Å². The highest BCUT2D eigenvalue weighted by molar-refractivity contribution is 5.94. The molecule has 18 heavy (non-hydrogen) atoms. The molecule has 1 fully saturated rings. The Labute approximate surface area is 106 Å². The zero-order valence-electron chi connectivity index (χ0n) is 10.9. The quantitative estimate of drug-likeness (QED) is 0.848. The SMILES string of the molecule is COC1CCC(Nc2c(C(=O)O)c(C)nn2C)C1. The van der Waals surface area contributed by atoms with Crippen LogP contribution in [0.4, 0.5) is 5.82 Å². The first-order valence-corrected chi connectivity index (χ1v) is 6.09. The van der Waals surface area contributed by atoms with Gasteiger partial charge in [0.1, 0.15) is 11.4 Å². The second-order valence-electron chi connectivity index (χ2n) is 4.75. The largest absolute Gasteiger partial charge is 0.477 e. The van der Waals surface area contributed by atoms with Gasteiger partial charge in [0.05, 0.1) is 11.8 Å². The molecule has 1 heterocycles. The van der Waals surface area contributed by atoms with Crippen LogP contribution in [0.15, 0.2) is 0 Å². The molecule has 6 heteroatoms. The molecule has 0 radical (unpaired) electrons. The van der Waals surface area contributed by atoms with Crippen molar-refractivity contribution >= 4 is 11.8 Å². The molecule has 0 aliphatic heterocycles. The smallest absolute Gasteiger partial charge is 0.341 e. The van der Waals surface area contributed by atoms with Crippen LogP contribution in [0.25, 0.3) is 0 Å². The Morgan fingerprint density at radius 2 is 2.28 bits per heavy atom. The van der Waals surface area contributed by atoms with E-state index in [4.69, 9.17) is 4.74 Å². The Hall–Kier alpha value is -1.56. The lowest BCUT2D eigenvalue weighted by Crippen LogP contribution is -2.20. The van der Waals surface area contributed by atoms with E-state index < -0.39 is 5.97 Å². The number of nitrogens with zero attached hydrogens (tertiary/aromatic N) is 2. The average Bonchev–Trinajstić information content (AvgIpc) is 2.85. The Kier molecular flexibility index (Phi) is 3.56. The normalized spacial score (nSPS) is 23.3. The van der Waals surface area contributed by atoms with Gasteiger partial charge in [-0.15, -0.1) is 0 Å². The Balaban J connectivity index is 2.17. The molecule has 0 amide bonds. The minimum atomic E-state index is -0.940. The molecule has 6 nitrogen and oxygen atoms in total. The lowest BCUT2D eigenvalue weighted by Gasteiger charge is -2.15. The first-order chi connectivity index (χ1) is 8.52. The zero-order valence-corrected chi connectivity index (χ0v) is 10.9. The van der Waals surface area contributed by atoms with Gasteiger partial charge in [-0.05, 0) is 26.2 Å². The minimum Gasteiger partial charge on any atom is -0.477 e. The van der Waals surface area contributed by atoms with E-state index in [1.54, 1.807) is 25.8 Å². The van der Waals surface area contributed by atoms with Crippen molar-refractivity contribution in [2.75, 3.05) is 12.4 Å². The minimum absolute atomic E-state index is 0.253. The third kappa shape index (κ3) is 2.33. The monoisotopic (exact) mass is 253 g/mol. The second-order valence-corrected chi connectivity index (χ2v) is 4.75. The van der Waals surface area contributed by atoms with Crippen LogP contribution in [0.3, 0.4) is 0 Å². The van der Waals surface area contributed by atoms with Crippen LogP contribution >= 0.6 is 0 Å². The number of carbonyl (C=O) groups is 1. The van der Waals surface area contributed by atoms with Crippen molar-refractivity contribution in [2.24, 2.45) is 7.05 Å². The standard InChI is InChI=1S/C12H19N3O3/c1-7-10(12(16)17)11(15(2)14-7)13-8-4-5-9(6-8)18-3/h8-9,13H,4-6H2,1-3H3,(H,16,17). The molecule has 0 saturated heterocycles. The maximum absolute atomic E-state index is 11.2. The highest BCUT2D eigenvalue weighted by Gasteiger charge is 2.27. The summed E-state index contributed by atoms with van der Waals surface area (Å²) in [5.41, 5.74) is 0.798. The van der Waals surface area contributed by atoms with Gasteiger partial charge in [-0.1, -0.05) is 0 Å². The van der Waals surface area contributed by atoms with Gasteiger partial charge in [-0.2, -0.15) is 5.10 Å². The van der Waals surface area contributed by atoms with Crippen LogP contribution in [-0.4, -0.2) is 40.1 Å². The summed E-state index contributed by atoms with van der Waals surface area (Å²) >= 11 is 0. The molecule has 1 aromatic rings. The molecular weight excluding hydrogens is 234 g/mol. The number of rotatable bonds is 4. The van der Waals surface area contributed by atoms with Gasteiger partial charge in [0, 0.05) is 20.2 Å². The third-order valence-electron chi connectivity index (χ3n) is 3.49. The maximum atomic E-state index is 11.2. The fourth-order valence-corrected chi connectivity index (χ4v) is 2.56. The number of carboxylic acids is 1. The van der Waals surface area contributed by atoms with Crippen LogP contribution in [0, 0.1) is 6.92 Å². The van der Waals surface area contributed by atoms with Gasteiger partial charge in [0.2, 0.25) is 0 Å². The van der Waals surface area contributed by atoms with E-state index in [1.807, 2.05) is 0 Å². The van der Waals surface area contributed by atoms with Gasteiger partial charge >= 0.3 is 5.97 Å². The highest BCUT2D eigenvalue weighted by atomic mass is 16.5. The second kappa shape index (κ2) is 4.97. The molecule has 2 rings (SSSR count). The van der Waals surface area contributed by atoms with Crippen LogP contribution in [-0.2, 0) is 11.8 Å². The number of methoxy groups -OCH3 is 1. The molecule has 1 aliphatic carbocycles. The van der Waals surface area contributed by atoms with Crippen LogP contribution < -0.4 is 5.32 Å². The number of hydrogen-bond acceptors (Lipinski definition) is 4. The predicted octanol–water partition coefficient (Wildman–Crippen LogP) is 1.41. The fraction of sp³-hybridized carbons (Fsp3) is 0.667. The van der Waals surface area contributed by atoms with E-state index in [0.717, 1.165) is 19.3 Å². The fourth-order valence-electron chi connectivity index (χ4n) is 2.56. The van der Waals surface area contributed by atoms with Crippen molar-refractivity contribution in [1.82, 2.24) is 9.78 Å². The average molecular weight is 253 g/mol. The highest BCUT2D eigenvalue weighted by Crippen LogP contribution is 2.27. The van der Waals surface area contributed by atoms with Gasteiger partial charge in [-0.3, -0.25) is 4.68 Å².